The maximum absolute atomic E-state index is 12.7. The van der Waals surface area contributed by atoms with E-state index in [9.17, 15) is 26.3 Å². The van der Waals surface area contributed by atoms with E-state index in [-0.39, 0.29) is 35.9 Å². The van der Waals surface area contributed by atoms with Crippen molar-refractivity contribution in [1.82, 2.24) is 0 Å². The van der Waals surface area contributed by atoms with Crippen LogP contribution in [0.25, 0.3) is 21.5 Å². The van der Waals surface area contributed by atoms with Gasteiger partial charge in [-0.05, 0) is 0 Å². The fraction of sp³-hybridized carbons (Fsp3) is 0.211. The molecule has 0 fully saturated rings. The summed E-state index contributed by atoms with van der Waals surface area (Å²) in [4.78, 5) is 0. The van der Waals surface area contributed by atoms with Crippen molar-refractivity contribution in [2.45, 2.75) is 40.0 Å². The molecule has 9 heteroatoms. The van der Waals surface area contributed by atoms with Crippen LogP contribution in [0.4, 0.5) is 26.3 Å². The number of hydrogen-bond acceptors (Lipinski definition) is 0. The summed E-state index contributed by atoms with van der Waals surface area (Å²) in [5.41, 5.74) is 1.73. The molecule has 0 heterocycles. The van der Waals surface area contributed by atoms with Crippen molar-refractivity contribution in [3.8, 4) is 0 Å². The summed E-state index contributed by atoms with van der Waals surface area (Å²) in [6, 6.07) is 28.4. The first-order valence-electron chi connectivity index (χ1n) is 14.4. The summed E-state index contributed by atoms with van der Waals surface area (Å²) >= 11 is 0.729. The molecule has 0 bridgehead atoms. The van der Waals surface area contributed by atoms with E-state index in [1.165, 1.54) is 57.0 Å². The first-order chi connectivity index (χ1) is 21.1. The quantitative estimate of drug-likeness (QED) is 0.168. The number of benzene rings is 4. The van der Waals surface area contributed by atoms with Gasteiger partial charge in [0.15, 0.2) is 0 Å². The molecule has 0 spiro atoms. The molecule has 0 aromatic heterocycles. The third-order valence-corrected chi connectivity index (χ3v) is 8.83. The Hall–Kier alpha value is -2.86. The number of alkyl halides is 6. The number of rotatable bonds is 3. The molecule has 5 aromatic rings. The van der Waals surface area contributed by atoms with E-state index in [1.807, 2.05) is 0 Å². The van der Waals surface area contributed by atoms with Crippen molar-refractivity contribution in [3.63, 3.8) is 0 Å². The van der Waals surface area contributed by atoms with Gasteiger partial charge in [-0.15, -0.1) is 39.7 Å². The van der Waals surface area contributed by atoms with Crippen LogP contribution in [0.3, 0.4) is 0 Å². The topological polar surface area (TPSA) is 0 Å². The zero-order valence-corrected chi connectivity index (χ0v) is 30.0. The van der Waals surface area contributed by atoms with E-state index in [1.54, 1.807) is 0 Å². The van der Waals surface area contributed by atoms with Crippen LogP contribution in [0.2, 0.25) is 0 Å². The van der Waals surface area contributed by atoms with Crippen LogP contribution >= 0.6 is 0 Å². The van der Waals surface area contributed by atoms with Crippen molar-refractivity contribution in [1.29, 1.82) is 0 Å². The number of fused-ring (bicyclic) bond motifs is 3. The van der Waals surface area contributed by atoms with E-state index < -0.39 is 23.5 Å². The second-order valence-corrected chi connectivity index (χ2v) is 12.4. The molecule has 5 aromatic carbocycles. The van der Waals surface area contributed by atoms with Gasteiger partial charge in [0.05, 0.1) is 0 Å². The van der Waals surface area contributed by atoms with Crippen LogP contribution in [0.5, 0.6) is 0 Å². The summed E-state index contributed by atoms with van der Waals surface area (Å²) in [6.45, 7) is 8.79. The van der Waals surface area contributed by atoms with Gasteiger partial charge in [-0.3, -0.25) is 6.08 Å². The predicted molar refractivity (Wildman–Crippen MR) is 168 cm³/mol. The maximum Gasteiger partial charge on any atom is -0.0771 e. The van der Waals surface area contributed by atoms with E-state index in [0.717, 1.165) is 48.5 Å². The fourth-order valence-corrected chi connectivity index (χ4v) is 6.02. The number of hydrogen-bond donors (Lipinski definition) is 0. The van der Waals surface area contributed by atoms with Gasteiger partial charge < -0.3 is 24.8 Å². The van der Waals surface area contributed by atoms with Gasteiger partial charge in [-0.1, -0.05) is 75.9 Å². The summed E-state index contributed by atoms with van der Waals surface area (Å²) in [6.07, 6.45) is -3.29. The van der Waals surface area contributed by atoms with Crippen LogP contribution in [0, 0.1) is 17.9 Å². The molecule has 1 unspecified atom stereocenters. The van der Waals surface area contributed by atoms with Gasteiger partial charge in [-0.25, -0.2) is 5.57 Å². The molecule has 0 aliphatic heterocycles. The van der Waals surface area contributed by atoms with Crippen molar-refractivity contribution in [2.75, 3.05) is 0 Å². The first kappa shape index (κ1) is 40.3. The van der Waals surface area contributed by atoms with Gasteiger partial charge in [0.2, 0.25) is 0 Å². The SMILES string of the molecule is CC1=[C-]C(C)C=C1C(C)C.FC(F)(F)c1cccc([C](=[Zr+2])c2cccc(C(F)(F)F)c2)c1.[Cl-].[Cl-].c1ccc2c(c1)[cH-]c1ccccc12. The monoisotopic (exact) mass is 762 g/mol. The maximum atomic E-state index is 12.7. The molecule has 0 radical (unpaired) electrons. The normalized spacial score (nSPS) is 14.2. The zero-order chi connectivity index (χ0) is 32.9. The van der Waals surface area contributed by atoms with Gasteiger partial charge >= 0.3 is 137 Å². The van der Waals surface area contributed by atoms with Gasteiger partial charge in [0.1, 0.15) is 0 Å². The van der Waals surface area contributed by atoms with Gasteiger partial charge in [0, 0.05) is 0 Å². The smallest absolute Gasteiger partial charge is 0.0771 e. The Labute approximate surface area is 299 Å². The average Bonchev–Trinajstić information content (AvgIpc) is 3.55. The molecule has 1 aliphatic carbocycles. The van der Waals surface area contributed by atoms with Crippen molar-refractivity contribution < 1.29 is 75.4 Å². The van der Waals surface area contributed by atoms with Crippen LogP contribution < -0.4 is 24.8 Å². The molecule has 1 atom stereocenters. The van der Waals surface area contributed by atoms with Crippen LogP contribution in [0.15, 0.2) is 120 Å². The Morgan fingerprint density at radius 3 is 1.47 bits per heavy atom. The number of halogens is 8. The Morgan fingerprint density at radius 2 is 1.13 bits per heavy atom. The minimum Gasteiger partial charge on any atom is -1.00 e. The minimum absolute atomic E-state index is 0. The van der Waals surface area contributed by atoms with Crippen molar-refractivity contribution in [2.24, 2.45) is 11.8 Å². The first-order valence-corrected chi connectivity index (χ1v) is 15.7. The standard InChI is InChI=1S/C15H8F6.C13H9.C10H15.2ClH.Zr/c16-14(17,18)12-5-1-3-10(8-12)7-11-4-2-6-13(9-11)15(19,20)21;1-3-7-12-10(5-1)9-11-6-2-4-8-13(11)12;1-7(2)10-6-8(3)5-9(10)4;;;/h1-6,8-9H;1-9H;6-8H,1-4H3;2*1H;/q;2*-1;;;+2/p-2. The predicted octanol–water partition coefficient (Wildman–Crippen LogP) is 5.53. The molecule has 0 N–H and O–H groups in total. The molecule has 6 rings (SSSR count). The number of allylic oxidation sites excluding steroid dienone is 4. The van der Waals surface area contributed by atoms with Crippen LogP contribution in [0.1, 0.15) is 49.9 Å². The Bertz CT molecular complexity index is 1750. The average molecular weight is 765 g/mol. The molecule has 0 saturated carbocycles. The Kier molecular flexibility index (Phi) is 14.6. The Balaban J connectivity index is 0.000000261. The summed E-state index contributed by atoms with van der Waals surface area (Å²) in [7, 11) is 0. The Morgan fingerprint density at radius 1 is 0.702 bits per heavy atom. The van der Waals surface area contributed by atoms with E-state index in [0.29, 0.717) is 15.0 Å². The summed E-state index contributed by atoms with van der Waals surface area (Å²) < 4.78 is 76.7. The molecule has 0 amide bonds. The molecule has 0 saturated heterocycles. The van der Waals surface area contributed by atoms with Gasteiger partial charge in [0.25, 0.3) is 0 Å². The molecule has 1 aliphatic rings. The molecule has 0 nitrogen and oxygen atoms in total. The third kappa shape index (κ3) is 10.6. The minimum atomic E-state index is -4.49. The molecular formula is C38H32Cl2F6Zr-2. The zero-order valence-electron chi connectivity index (χ0n) is 26.1. The molecular weight excluding hydrogens is 733 g/mol. The fourth-order valence-electron chi connectivity index (χ4n) is 5.26. The summed E-state index contributed by atoms with van der Waals surface area (Å²) in [5.74, 6) is 1.20. The van der Waals surface area contributed by atoms with E-state index >= 15 is 0 Å². The second kappa shape index (κ2) is 17.0. The van der Waals surface area contributed by atoms with Gasteiger partial charge in [-0.2, -0.15) is 11.6 Å². The summed E-state index contributed by atoms with van der Waals surface area (Å²) in [5, 5.41) is 5.39. The second-order valence-electron chi connectivity index (χ2n) is 11.2. The van der Waals surface area contributed by atoms with Crippen molar-refractivity contribution >= 4 is 24.8 Å². The third-order valence-electron chi connectivity index (χ3n) is 7.41. The van der Waals surface area contributed by atoms with E-state index in [4.69, 9.17) is 0 Å². The van der Waals surface area contributed by atoms with E-state index in [2.05, 4.69) is 94.4 Å². The molecule has 47 heavy (non-hydrogen) atoms. The molecule has 246 valence electrons. The van der Waals surface area contributed by atoms with Crippen LogP contribution in [-0.2, 0) is 36.6 Å². The largest absolute Gasteiger partial charge is 1.00 e. The van der Waals surface area contributed by atoms with Crippen LogP contribution in [-0.4, -0.2) is 3.21 Å². The van der Waals surface area contributed by atoms with Crippen molar-refractivity contribution in [3.05, 3.63) is 149 Å².